The Morgan fingerprint density at radius 1 is 1.38 bits per heavy atom. The van der Waals surface area contributed by atoms with Gasteiger partial charge in [0.15, 0.2) is 5.96 Å². The molecule has 1 fully saturated rings. The van der Waals surface area contributed by atoms with Crippen LogP contribution >= 0.6 is 0 Å². The lowest BCUT2D eigenvalue weighted by molar-refractivity contribution is 0.155. The van der Waals surface area contributed by atoms with E-state index in [4.69, 9.17) is 4.74 Å². The Morgan fingerprint density at radius 3 is 2.90 bits per heavy atom. The highest BCUT2D eigenvalue weighted by molar-refractivity contribution is 5.80. The summed E-state index contributed by atoms with van der Waals surface area (Å²) < 4.78 is 19.0. The number of nitrogens with zero attached hydrogens (tertiary/aromatic N) is 1. The van der Waals surface area contributed by atoms with Crippen molar-refractivity contribution in [3.8, 4) is 0 Å². The zero-order chi connectivity index (χ0) is 15.1. The van der Waals surface area contributed by atoms with Crippen LogP contribution in [0.3, 0.4) is 0 Å². The van der Waals surface area contributed by atoms with E-state index in [9.17, 15) is 4.39 Å². The summed E-state index contributed by atoms with van der Waals surface area (Å²) in [4.78, 5) is 4.46. The largest absolute Gasteiger partial charge is 0.380 e. The van der Waals surface area contributed by atoms with Crippen molar-refractivity contribution in [1.29, 1.82) is 0 Å². The summed E-state index contributed by atoms with van der Waals surface area (Å²) in [7, 11) is 0. The molecule has 0 spiro atoms. The van der Waals surface area contributed by atoms with Crippen LogP contribution in [0, 0.1) is 5.82 Å². The Hall–Kier alpha value is -1.62. The summed E-state index contributed by atoms with van der Waals surface area (Å²) in [6.07, 6.45) is 0.941. The third-order valence-electron chi connectivity index (χ3n) is 3.47. The van der Waals surface area contributed by atoms with Gasteiger partial charge in [0.2, 0.25) is 0 Å². The highest BCUT2D eigenvalue weighted by atomic mass is 19.1. The zero-order valence-electron chi connectivity index (χ0n) is 12.7. The number of rotatable bonds is 7. The zero-order valence-corrected chi connectivity index (χ0v) is 12.7. The number of guanidine groups is 1. The number of aliphatic imine (C=N–C) groups is 1. The molecule has 2 unspecified atom stereocenters. The molecule has 2 rings (SSSR count). The van der Waals surface area contributed by atoms with Crippen molar-refractivity contribution in [2.45, 2.75) is 32.2 Å². The number of hydrogen-bond donors (Lipinski definition) is 2. The summed E-state index contributed by atoms with van der Waals surface area (Å²) >= 11 is 0. The van der Waals surface area contributed by atoms with E-state index in [1.165, 1.54) is 6.07 Å². The predicted molar refractivity (Wildman–Crippen MR) is 83.2 cm³/mol. The van der Waals surface area contributed by atoms with Gasteiger partial charge >= 0.3 is 0 Å². The van der Waals surface area contributed by atoms with E-state index in [2.05, 4.69) is 15.6 Å². The molecule has 0 radical (unpaired) electrons. The first kappa shape index (κ1) is 15.8. The second kappa shape index (κ2) is 7.98. The quantitative estimate of drug-likeness (QED) is 0.460. The monoisotopic (exact) mass is 293 g/mol. The SMILES string of the molecule is CCNC(=NCCOCC)NC1CC1c1ccccc1F. The minimum atomic E-state index is -0.120. The molecule has 0 aliphatic heterocycles. The van der Waals surface area contributed by atoms with Crippen LogP contribution in [0.2, 0.25) is 0 Å². The van der Waals surface area contributed by atoms with E-state index in [1.54, 1.807) is 6.07 Å². The van der Waals surface area contributed by atoms with Gasteiger partial charge in [0.05, 0.1) is 13.2 Å². The first-order chi connectivity index (χ1) is 10.3. The van der Waals surface area contributed by atoms with Gasteiger partial charge in [-0.25, -0.2) is 4.39 Å². The number of ether oxygens (including phenoxy) is 1. The number of nitrogens with one attached hydrogen (secondary N) is 2. The Labute approximate surface area is 125 Å². The first-order valence-electron chi connectivity index (χ1n) is 7.63. The second-order valence-corrected chi connectivity index (χ2v) is 5.07. The van der Waals surface area contributed by atoms with Crippen molar-refractivity contribution >= 4 is 5.96 Å². The van der Waals surface area contributed by atoms with E-state index in [0.29, 0.717) is 19.8 Å². The lowest BCUT2D eigenvalue weighted by Crippen LogP contribution is -2.39. The molecule has 4 nitrogen and oxygen atoms in total. The van der Waals surface area contributed by atoms with Crippen molar-refractivity contribution in [3.05, 3.63) is 35.6 Å². The molecular formula is C16H24FN3O. The molecule has 1 aliphatic rings. The molecule has 1 aromatic rings. The number of hydrogen-bond acceptors (Lipinski definition) is 2. The van der Waals surface area contributed by atoms with E-state index < -0.39 is 0 Å². The van der Waals surface area contributed by atoms with E-state index >= 15 is 0 Å². The predicted octanol–water partition coefficient (Wildman–Crippen LogP) is 2.27. The maximum absolute atomic E-state index is 13.7. The van der Waals surface area contributed by atoms with Gasteiger partial charge in [-0.1, -0.05) is 18.2 Å². The van der Waals surface area contributed by atoms with Gasteiger partial charge in [0, 0.05) is 25.1 Å². The van der Waals surface area contributed by atoms with E-state index in [-0.39, 0.29) is 17.8 Å². The highest BCUT2D eigenvalue weighted by Gasteiger charge is 2.40. The molecular weight excluding hydrogens is 269 g/mol. The van der Waals surface area contributed by atoms with Crippen LogP contribution < -0.4 is 10.6 Å². The average molecular weight is 293 g/mol. The normalized spacial score (nSPS) is 21.2. The minimum Gasteiger partial charge on any atom is -0.380 e. The summed E-state index contributed by atoms with van der Waals surface area (Å²) in [6, 6.07) is 7.25. The molecule has 1 aliphatic carbocycles. The van der Waals surface area contributed by atoms with Gasteiger partial charge in [-0.2, -0.15) is 0 Å². The molecule has 1 saturated carbocycles. The van der Waals surface area contributed by atoms with Gasteiger partial charge < -0.3 is 15.4 Å². The van der Waals surface area contributed by atoms with Crippen molar-refractivity contribution in [3.63, 3.8) is 0 Å². The maximum atomic E-state index is 13.7. The van der Waals surface area contributed by atoms with Crippen LogP contribution in [-0.2, 0) is 4.74 Å². The highest BCUT2D eigenvalue weighted by Crippen LogP contribution is 2.41. The van der Waals surface area contributed by atoms with Crippen LogP contribution in [-0.4, -0.2) is 38.3 Å². The van der Waals surface area contributed by atoms with E-state index in [1.807, 2.05) is 26.0 Å². The molecule has 0 aromatic heterocycles. The fourth-order valence-corrected chi connectivity index (χ4v) is 2.34. The molecule has 116 valence electrons. The van der Waals surface area contributed by atoms with Gasteiger partial charge in [0.1, 0.15) is 5.82 Å². The third-order valence-corrected chi connectivity index (χ3v) is 3.47. The molecule has 2 atom stereocenters. The third kappa shape index (κ3) is 4.70. The maximum Gasteiger partial charge on any atom is 0.191 e. The molecule has 0 amide bonds. The van der Waals surface area contributed by atoms with Crippen LogP contribution in [0.4, 0.5) is 4.39 Å². The minimum absolute atomic E-state index is 0.120. The van der Waals surface area contributed by atoms with E-state index in [0.717, 1.165) is 24.5 Å². The topological polar surface area (TPSA) is 45.7 Å². The smallest absolute Gasteiger partial charge is 0.191 e. The van der Waals surface area contributed by atoms with Gasteiger partial charge in [-0.15, -0.1) is 0 Å². The van der Waals surface area contributed by atoms with Crippen LogP contribution in [0.1, 0.15) is 31.7 Å². The summed E-state index contributed by atoms with van der Waals surface area (Å²) in [6.45, 7) is 6.75. The molecule has 0 bridgehead atoms. The lowest BCUT2D eigenvalue weighted by atomic mass is 10.1. The van der Waals surface area contributed by atoms with Crippen LogP contribution in [0.5, 0.6) is 0 Å². The summed E-state index contributed by atoms with van der Waals surface area (Å²) in [5.41, 5.74) is 0.792. The standard InChI is InChI=1S/C16H24FN3O/c1-3-18-16(19-9-10-21-4-2)20-15-11-13(15)12-7-5-6-8-14(12)17/h5-8,13,15H,3-4,9-11H2,1-2H3,(H2,18,19,20). The Kier molecular flexibility index (Phi) is 5.99. The fourth-order valence-electron chi connectivity index (χ4n) is 2.34. The van der Waals surface area contributed by atoms with Crippen molar-refractivity contribution in [2.75, 3.05) is 26.3 Å². The van der Waals surface area contributed by atoms with Gasteiger partial charge in [0.25, 0.3) is 0 Å². The summed E-state index contributed by atoms with van der Waals surface area (Å²) in [5, 5.41) is 6.57. The summed E-state index contributed by atoms with van der Waals surface area (Å²) in [5.74, 6) is 0.896. The molecule has 21 heavy (non-hydrogen) atoms. The Bertz CT molecular complexity index is 478. The van der Waals surface area contributed by atoms with Gasteiger partial charge in [-0.05, 0) is 31.9 Å². The van der Waals surface area contributed by atoms with Crippen molar-refractivity contribution in [1.82, 2.24) is 10.6 Å². The number of halogens is 1. The molecule has 0 heterocycles. The van der Waals surface area contributed by atoms with Crippen LogP contribution in [0.25, 0.3) is 0 Å². The Balaban J connectivity index is 1.86. The first-order valence-corrected chi connectivity index (χ1v) is 7.63. The average Bonchev–Trinajstić information content (AvgIpc) is 3.23. The van der Waals surface area contributed by atoms with Crippen molar-refractivity contribution in [2.24, 2.45) is 4.99 Å². The van der Waals surface area contributed by atoms with Crippen molar-refractivity contribution < 1.29 is 9.13 Å². The van der Waals surface area contributed by atoms with Gasteiger partial charge in [-0.3, -0.25) is 4.99 Å². The molecule has 1 aromatic carbocycles. The second-order valence-electron chi connectivity index (χ2n) is 5.07. The molecule has 5 heteroatoms. The molecule has 0 saturated heterocycles. The molecule has 2 N–H and O–H groups in total. The Morgan fingerprint density at radius 2 is 2.19 bits per heavy atom. The number of benzene rings is 1. The van der Waals surface area contributed by atoms with Crippen LogP contribution in [0.15, 0.2) is 29.3 Å². The fraction of sp³-hybridized carbons (Fsp3) is 0.562. The lowest BCUT2D eigenvalue weighted by Gasteiger charge is -2.11.